The third-order valence-electron chi connectivity index (χ3n) is 3.87. The molecule has 1 saturated heterocycles. The average molecular weight is 247 g/mol. The van der Waals surface area contributed by atoms with Gasteiger partial charge in [-0.2, -0.15) is 0 Å². The summed E-state index contributed by atoms with van der Waals surface area (Å²) in [7, 11) is 0. The van der Waals surface area contributed by atoms with Crippen LogP contribution in [0, 0.1) is 0 Å². The Labute approximate surface area is 111 Å². The fourth-order valence-corrected chi connectivity index (χ4v) is 2.65. The molecule has 1 aromatic rings. The van der Waals surface area contributed by atoms with Gasteiger partial charge in [-0.3, -0.25) is 0 Å². The highest BCUT2D eigenvalue weighted by atomic mass is 16.5. The molecule has 0 bridgehead atoms. The first kappa shape index (κ1) is 13.6. The van der Waals surface area contributed by atoms with Crippen molar-refractivity contribution in [2.45, 2.75) is 51.0 Å². The summed E-state index contributed by atoms with van der Waals surface area (Å²) in [5.74, 6) is 0.349. The van der Waals surface area contributed by atoms with Crippen LogP contribution >= 0.6 is 0 Å². The minimum atomic E-state index is 0.209. The lowest BCUT2D eigenvalue weighted by Gasteiger charge is -2.24. The van der Waals surface area contributed by atoms with Crippen molar-refractivity contribution in [2.24, 2.45) is 5.73 Å². The van der Waals surface area contributed by atoms with Gasteiger partial charge in [-0.25, -0.2) is 0 Å². The van der Waals surface area contributed by atoms with Gasteiger partial charge in [-0.05, 0) is 29.4 Å². The van der Waals surface area contributed by atoms with E-state index < -0.39 is 0 Å². The van der Waals surface area contributed by atoms with Crippen LogP contribution in [0.5, 0.6) is 0 Å². The van der Waals surface area contributed by atoms with Gasteiger partial charge >= 0.3 is 0 Å². The van der Waals surface area contributed by atoms with Crippen LogP contribution in [0.4, 0.5) is 0 Å². The van der Waals surface area contributed by atoms with Gasteiger partial charge in [0.15, 0.2) is 0 Å². The lowest BCUT2D eigenvalue weighted by atomic mass is 9.84. The van der Waals surface area contributed by atoms with Crippen LogP contribution in [0.3, 0.4) is 0 Å². The Morgan fingerprint density at radius 1 is 1.28 bits per heavy atom. The van der Waals surface area contributed by atoms with Gasteiger partial charge in [0.1, 0.15) is 0 Å². The molecule has 0 spiro atoms. The van der Waals surface area contributed by atoms with Crippen molar-refractivity contribution in [3.8, 4) is 0 Å². The lowest BCUT2D eigenvalue weighted by Crippen LogP contribution is -2.25. The highest BCUT2D eigenvalue weighted by Crippen LogP contribution is 2.30. The summed E-state index contributed by atoms with van der Waals surface area (Å²) in [5.41, 5.74) is 8.82. The Bertz CT molecular complexity index is 371. The normalized spacial score (nSPS) is 22.1. The van der Waals surface area contributed by atoms with Crippen LogP contribution in [-0.4, -0.2) is 19.3 Å². The van der Waals surface area contributed by atoms with Gasteiger partial charge in [0.25, 0.3) is 0 Å². The zero-order valence-electron chi connectivity index (χ0n) is 11.8. The maximum Gasteiger partial charge on any atom is 0.0656 e. The Morgan fingerprint density at radius 2 is 1.94 bits per heavy atom. The molecule has 1 fully saturated rings. The molecule has 18 heavy (non-hydrogen) atoms. The molecule has 1 heterocycles. The topological polar surface area (TPSA) is 35.2 Å². The molecule has 1 aromatic carbocycles. The molecule has 0 radical (unpaired) electrons. The number of hydrogen-bond donors (Lipinski definition) is 1. The van der Waals surface area contributed by atoms with Crippen LogP contribution in [0.15, 0.2) is 24.3 Å². The quantitative estimate of drug-likeness (QED) is 0.890. The fourth-order valence-electron chi connectivity index (χ4n) is 2.65. The molecule has 1 aliphatic heterocycles. The summed E-state index contributed by atoms with van der Waals surface area (Å²) in [5, 5.41) is 0. The monoisotopic (exact) mass is 247 g/mol. The summed E-state index contributed by atoms with van der Waals surface area (Å²) in [6.45, 7) is 8.27. The smallest absolute Gasteiger partial charge is 0.0656 e. The van der Waals surface area contributed by atoms with Crippen LogP contribution in [0.1, 0.15) is 50.7 Å². The van der Waals surface area contributed by atoms with E-state index >= 15 is 0 Å². The Morgan fingerprint density at radius 3 is 2.39 bits per heavy atom. The van der Waals surface area contributed by atoms with Crippen LogP contribution < -0.4 is 5.73 Å². The minimum absolute atomic E-state index is 0.209. The molecule has 2 unspecified atom stereocenters. The average Bonchev–Trinajstić information content (AvgIpc) is 2.83. The second-order valence-electron chi connectivity index (χ2n) is 6.27. The van der Waals surface area contributed by atoms with Crippen molar-refractivity contribution in [1.29, 1.82) is 0 Å². The third kappa shape index (κ3) is 2.93. The predicted molar refractivity (Wildman–Crippen MR) is 75.9 cm³/mol. The first-order chi connectivity index (χ1) is 8.52. The predicted octanol–water partition coefficient (Wildman–Crippen LogP) is 3.21. The summed E-state index contributed by atoms with van der Waals surface area (Å²) in [6, 6.07) is 8.90. The molecule has 2 heteroatoms. The zero-order chi connectivity index (χ0) is 13.2. The van der Waals surface area contributed by atoms with Crippen molar-refractivity contribution in [2.75, 3.05) is 13.2 Å². The number of rotatable bonds is 3. The van der Waals surface area contributed by atoms with Crippen molar-refractivity contribution in [3.05, 3.63) is 35.4 Å². The Balaban J connectivity index is 2.16. The van der Waals surface area contributed by atoms with Crippen molar-refractivity contribution >= 4 is 0 Å². The minimum Gasteiger partial charge on any atom is -0.378 e. The van der Waals surface area contributed by atoms with Gasteiger partial charge < -0.3 is 10.5 Å². The van der Waals surface area contributed by atoms with Crippen molar-refractivity contribution in [3.63, 3.8) is 0 Å². The van der Waals surface area contributed by atoms with Crippen LogP contribution in [0.2, 0.25) is 0 Å². The van der Waals surface area contributed by atoms with Crippen molar-refractivity contribution < 1.29 is 4.74 Å². The summed E-state index contributed by atoms with van der Waals surface area (Å²) in [6.07, 6.45) is 2.62. The second kappa shape index (κ2) is 5.41. The van der Waals surface area contributed by atoms with E-state index in [1.54, 1.807) is 0 Å². The molecule has 1 aliphatic rings. The van der Waals surface area contributed by atoms with E-state index in [1.165, 1.54) is 17.5 Å². The summed E-state index contributed by atoms with van der Waals surface area (Å²) in [4.78, 5) is 0. The highest BCUT2D eigenvalue weighted by molar-refractivity contribution is 5.30. The fraction of sp³-hybridized carbons (Fsp3) is 0.625. The molecule has 2 atom stereocenters. The third-order valence-corrected chi connectivity index (χ3v) is 3.87. The molecule has 0 saturated carbocycles. The van der Waals surface area contributed by atoms with E-state index in [0.29, 0.717) is 18.6 Å². The number of benzene rings is 1. The van der Waals surface area contributed by atoms with Crippen LogP contribution in [-0.2, 0) is 10.2 Å². The SMILES string of the molecule is CC(C)(C)c1ccc(C(CN)C2CCCO2)cc1. The number of hydrogen-bond acceptors (Lipinski definition) is 2. The first-order valence-electron chi connectivity index (χ1n) is 6.94. The Hall–Kier alpha value is -0.860. The van der Waals surface area contributed by atoms with Gasteiger partial charge in [0.2, 0.25) is 0 Å². The van der Waals surface area contributed by atoms with E-state index in [4.69, 9.17) is 10.5 Å². The standard InChI is InChI=1S/C16H25NO/c1-16(2,3)13-8-6-12(7-9-13)14(11-17)15-5-4-10-18-15/h6-9,14-15H,4-5,10-11,17H2,1-3H3. The molecular weight excluding hydrogens is 222 g/mol. The maximum absolute atomic E-state index is 5.93. The number of nitrogens with two attached hydrogens (primary N) is 1. The van der Waals surface area contributed by atoms with E-state index in [0.717, 1.165) is 13.0 Å². The highest BCUT2D eigenvalue weighted by Gasteiger charge is 2.26. The molecule has 2 rings (SSSR count). The molecule has 2 N–H and O–H groups in total. The Kier molecular flexibility index (Phi) is 4.08. The number of ether oxygens (including phenoxy) is 1. The maximum atomic E-state index is 5.93. The molecule has 100 valence electrons. The van der Waals surface area contributed by atoms with Gasteiger partial charge in [0.05, 0.1) is 6.10 Å². The van der Waals surface area contributed by atoms with Gasteiger partial charge in [-0.1, -0.05) is 45.0 Å². The molecule has 0 amide bonds. The van der Waals surface area contributed by atoms with Gasteiger partial charge in [0, 0.05) is 19.1 Å². The van der Waals surface area contributed by atoms with Crippen molar-refractivity contribution in [1.82, 2.24) is 0 Å². The van der Waals surface area contributed by atoms with E-state index in [-0.39, 0.29) is 5.41 Å². The molecular formula is C16H25NO. The van der Waals surface area contributed by atoms with Gasteiger partial charge in [-0.15, -0.1) is 0 Å². The van der Waals surface area contributed by atoms with E-state index in [9.17, 15) is 0 Å². The summed E-state index contributed by atoms with van der Waals surface area (Å²) < 4.78 is 5.78. The molecule has 2 nitrogen and oxygen atoms in total. The van der Waals surface area contributed by atoms with Crippen LogP contribution in [0.25, 0.3) is 0 Å². The molecule has 0 aromatic heterocycles. The first-order valence-corrected chi connectivity index (χ1v) is 6.94. The largest absolute Gasteiger partial charge is 0.378 e. The zero-order valence-corrected chi connectivity index (χ0v) is 11.8. The summed E-state index contributed by atoms with van der Waals surface area (Å²) >= 11 is 0. The second-order valence-corrected chi connectivity index (χ2v) is 6.27. The van der Waals surface area contributed by atoms with E-state index in [1.807, 2.05) is 0 Å². The molecule has 0 aliphatic carbocycles. The van der Waals surface area contributed by atoms with E-state index in [2.05, 4.69) is 45.0 Å². The lowest BCUT2D eigenvalue weighted by molar-refractivity contribution is 0.0905.